The van der Waals surface area contributed by atoms with E-state index < -0.39 is 17.7 Å². The molecule has 1 aliphatic rings. The highest BCUT2D eigenvalue weighted by Crippen LogP contribution is 2.41. The van der Waals surface area contributed by atoms with Crippen LogP contribution in [-0.2, 0) is 9.59 Å². The molecular weight excluding hydrogens is 413 g/mol. The molecule has 1 unspecified atom stereocenters. The third-order valence-corrected chi connectivity index (χ3v) is 5.02. The third-order valence-electron chi connectivity index (χ3n) is 4.52. The lowest BCUT2D eigenvalue weighted by molar-refractivity contribution is -0.132. The maximum Gasteiger partial charge on any atom is 0.302 e. The largest absolute Gasteiger partial charge is 0.507 e. The van der Waals surface area contributed by atoms with Gasteiger partial charge in [0.25, 0.3) is 5.78 Å². The molecule has 0 saturated carbocycles. The number of hydrogen-bond donors (Lipinski definition) is 1. The van der Waals surface area contributed by atoms with Crippen molar-refractivity contribution in [2.75, 3.05) is 4.90 Å². The zero-order valence-electron chi connectivity index (χ0n) is 14.8. The Balaban J connectivity index is 1.94. The Kier molecular flexibility index (Phi) is 5.05. The summed E-state index contributed by atoms with van der Waals surface area (Å²) in [5, 5.41) is 11.9. The Bertz CT molecular complexity index is 1110. The van der Waals surface area contributed by atoms with E-state index in [2.05, 4.69) is 9.97 Å². The number of hydrogen-bond acceptors (Lipinski definition) is 5. The van der Waals surface area contributed by atoms with Gasteiger partial charge in [0, 0.05) is 28.0 Å². The van der Waals surface area contributed by atoms with Gasteiger partial charge in [-0.15, -0.1) is 0 Å². The molecule has 1 fully saturated rings. The van der Waals surface area contributed by atoms with E-state index in [4.69, 9.17) is 23.2 Å². The molecule has 1 N–H and O–H groups in total. The molecular formula is C21H13Cl2N3O3. The molecule has 0 radical (unpaired) electrons. The molecule has 8 heteroatoms. The van der Waals surface area contributed by atoms with Crippen molar-refractivity contribution in [3.8, 4) is 0 Å². The molecule has 3 aromatic rings. The van der Waals surface area contributed by atoms with E-state index in [0.717, 1.165) is 0 Å². The number of anilines is 1. The van der Waals surface area contributed by atoms with Gasteiger partial charge in [-0.25, -0.2) is 9.97 Å². The highest BCUT2D eigenvalue weighted by atomic mass is 35.5. The van der Waals surface area contributed by atoms with E-state index in [1.54, 1.807) is 54.6 Å². The van der Waals surface area contributed by atoms with Crippen LogP contribution in [0.4, 0.5) is 5.95 Å². The highest BCUT2D eigenvalue weighted by molar-refractivity contribution is 6.51. The molecule has 1 aliphatic heterocycles. The van der Waals surface area contributed by atoms with E-state index in [1.807, 2.05) is 0 Å². The molecule has 0 aliphatic carbocycles. The number of aliphatic hydroxyl groups is 1. The summed E-state index contributed by atoms with van der Waals surface area (Å²) in [5.74, 6) is -1.90. The summed E-state index contributed by atoms with van der Waals surface area (Å²) < 4.78 is 0. The minimum atomic E-state index is -0.912. The molecule has 4 rings (SSSR count). The summed E-state index contributed by atoms with van der Waals surface area (Å²) in [4.78, 5) is 35.2. The SMILES string of the molecule is O=C1C(=O)N(c2ncccn2)C(c2ccc(Cl)cc2)/C1=C(/O)c1ccc(Cl)cc1. The average molecular weight is 426 g/mol. The first-order valence-corrected chi connectivity index (χ1v) is 9.32. The number of aromatic nitrogens is 2. The molecule has 1 aromatic heterocycles. The van der Waals surface area contributed by atoms with Gasteiger partial charge >= 0.3 is 5.91 Å². The van der Waals surface area contributed by atoms with Gasteiger partial charge in [-0.3, -0.25) is 14.5 Å². The topological polar surface area (TPSA) is 83.4 Å². The Hall–Kier alpha value is -3.22. The molecule has 1 saturated heterocycles. The van der Waals surface area contributed by atoms with Gasteiger partial charge in [-0.05, 0) is 48.0 Å². The van der Waals surface area contributed by atoms with E-state index in [0.29, 0.717) is 21.2 Å². The van der Waals surface area contributed by atoms with E-state index >= 15 is 0 Å². The fourth-order valence-corrected chi connectivity index (χ4v) is 3.43. The van der Waals surface area contributed by atoms with Gasteiger partial charge in [0.1, 0.15) is 5.76 Å². The first-order valence-electron chi connectivity index (χ1n) is 8.57. The zero-order chi connectivity index (χ0) is 20.5. The van der Waals surface area contributed by atoms with Crippen molar-refractivity contribution < 1.29 is 14.7 Å². The standard InChI is InChI=1S/C21H13Cl2N3O3/c22-14-6-2-12(3-7-14)17-16(18(27)13-4-8-15(23)9-5-13)19(28)20(29)26(17)21-24-10-1-11-25-21/h1-11,17,27H/b18-16-. The molecule has 2 heterocycles. The van der Waals surface area contributed by atoms with Crippen LogP contribution in [0.1, 0.15) is 17.2 Å². The van der Waals surface area contributed by atoms with Gasteiger partial charge in [-0.1, -0.05) is 35.3 Å². The normalized spacial score (nSPS) is 18.3. The number of ketones is 1. The number of amides is 1. The van der Waals surface area contributed by atoms with Crippen molar-refractivity contribution in [2.24, 2.45) is 0 Å². The Labute approximate surface area is 176 Å². The number of carbonyl (C=O) groups is 2. The van der Waals surface area contributed by atoms with Crippen LogP contribution in [0.2, 0.25) is 10.0 Å². The lowest BCUT2D eigenvalue weighted by atomic mass is 9.95. The molecule has 144 valence electrons. The molecule has 0 bridgehead atoms. The van der Waals surface area contributed by atoms with Crippen LogP contribution < -0.4 is 4.90 Å². The highest BCUT2D eigenvalue weighted by Gasteiger charge is 2.48. The maximum absolute atomic E-state index is 12.9. The number of aliphatic hydroxyl groups excluding tert-OH is 1. The second-order valence-electron chi connectivity index (χ2n) is 6.28. The summed E-state index contributed by atoms with van der Waals surface area (Å²) in [6.45, 7) is 0. The van der Waals surface area contributed by atoms with Gasteiger partial charge < -0.3 is 5.11 Å². The second kappa shape index (κ2) is 7.66. The molecule has 6 nitrogen and oxygen atoms in total. The molecule has 0 spiro atoms. The quantitative estimate of drug-likeness (QED) is 0.381. The zero-order valence-corrected chi connectivity index (χ0v) is 16.3. The van der Waals surface area contributed by atoms with Crippen molar-refractivity contribution in [1.82, 2.24) is 9.97 Å². The number of halogens is 2. The summed E-state index contributed by atoms with van der Waals surface area (Å²) >= 11 is 11.9. The summed E-state index contributed by atoms with van der Waals surface area (Å²) in [6.07, 6.45) is 2.94. The van der Waals surface area contributed by atoms with Crippen LogP contribution in [0, 0.1) is 0 Å². The minimum Gasteiger partial charge on any atom is -0.507 e. The number of benzene rings is 2. The number of Topliss-reactive ketones (excluding diaryl/α,β-unsaturated/α-hetero) is 1. The second-order valence-corrected chi connectivity index (χ2v) is 7.15. The lowest BCUT2D eigenvalue weighted by Crippen LogP contribution is -2.31. The van der Waals surface area contributed by atoms with Gasteiger partial charge in [0.15, 0.2) is 0 Å². The van der Waals surface area contributed by atoms with Crippen LogP contribution in [-0.4, -0.2) is 26.8 Å². The lowest BCUT2D eigenvalue weighted by Gasteiger charge is -2.23. The Morgan fingerprint density at radius 2 is 1.45 bits per heavy atom. The average Bonchev–Trinajstić information content (AvgIpc) is 3.00. The smallest absolute Gasteiger partial charge is 0.302 e. The number of rotatable bonds is 3. The Morgan fingerprint density at radius 3 is 2.03 bits per heavy atom. The van der Waals surface area contributed by atoms with Crippen LogP contribution in [0.3, 0.4) is 0 Å². The number of carbonyl (C=O) groups excluding carboxylic acids is 2. The van der Waals surface area contributed by atoms with Gasteiger partial charge in [0.05, 0.1) is 11.6 Å². The van der Waals surface area contributed by atoms with Crippen molar-refractivity contribution >= 4 is 46.6 Å². The summed E-state index contributed by atoms with van der Waals surface area (Å²) in [6, 6.07) is 13.7. The van der Waals surface area contributed by atoms with Crippen molar-refractivity contribution in [1.29, 1.82) is 0 Å². The first-order chi connectivity index (χ1) is 14.0. The minimum absolute atomic E-state index is 0.0599. The van der Waals surface area contributed by atoms with Crippen LogP contribution in [0.5, 0.6) is 0 Å². The Morgan fingerprint density at radius 1 is 0.897 bits per heavy atom. The van der Waals surface area contributed by atoms with Crippen molar-refractivity contribution in [3.05, 3.63) is 93.7 Å². The fraction of sp³-hybridized carbons (Fsp3) is 0.0476. The summed E-state index contributed by atoms with van der Waals surface area (Å²) in [5.41, 5.74) is 0.879. The van der Waals surface area contributed by atoms with Crippen LogP contribution in [0.25, 0.3) is 5.76 Å². The predicted molar refractivity (Wildman–Crippen MR) is 110 cm³/mol. The number of nitrogens with zero attached hydrogens (tertiary/aromatic N) is 3. The third kappa shape index (κ3) is 3.48. The van der Waals surface area contributed by atoms with Gasteiger partial charge in [0.2, 0.25) is 5.95 Å². The van der Waals surface area contributed by atoms with Crippen LogP contribution >= 0.6 is 23.2 Å². The maximum atomic E-state index is 12.9. The monoisotopic (exact) mass is 425 g/mol. The van der Waals surface area contributed by atoms with Crippen LogP contribution in [0.15, 0.2) is 72.6 Å². The van der Waals surface area contributed by atoms with Crippen molar-refractivity contribution in [2.45, 2.75) is 6.04 Å². The fourth-order valence-electron chi connectivity index (χ4n) is 3.18. The van der Waals surface area contributed by atoms with E-state index in [9.17, 15) is 14.7 Å². The molecule has 29 heavy (non-hydrogen) atoms. The van der Waals surface area contributed by atoms with E-state index in [1.165, 1.54) is 17.3 Å². The van der Waals surface area contributed by atoms with Crippen molar-refractivity contribution in [3.63, 3.8) is 0 Å². The summed E-state index contributed by atoms with van der Waals surface area (Å²) in [7, 11) is 0. The molecule has 1 atom stereocenters. The van der Waals surface area contributed by atoms with Gasteiger partial charge in [-0.2, -0.15) is 0 Å². The molecule has 2 aromatic carbocycles. The molecule has 1 amide bonds. The predicted octanol–water partition coefficient (Wildman–Crippen LogP) is 4.41. The first kappa shape index (κ1) is 19.1. The van der Waals surface area contributed by atoms with E-state index in [-0.39, 0.29) is 17.3 Å².